The van der Waals surface area contributed by atoms with Crippen LogP contribution in [-0.2, 0) is 4.74 Å². The predicted octanol–water partition coefficient (Wildman–Crippen LogP) is 1.88. The second kappa shape index (κ2) is 7.99. The van der Waals surface area contributed by atoms with Crippen molar-refractivity contribution in [2.24, 2.45) is 11.8 Å². The Morgan fingerprint density at radius 2 is 1.74 bits per heavy atom. The fraction of sp³-hybridized carbons (Fsp3) is 0.571. The van der Waals surface area contributed by atoms with Gasteiger partial charge in [0.2, 0.25) is 0 Å². The predicted molar refractivity (Wildman–Crippen MR) is 75.3 cm³/mol. The molecule has 0 saturated carbocycles. The SMILES string of the molecule is COCC(C)CC(NN)c1c(OC)cccc1OC. The lowest BCUT2D eigenvalue weighted by Crippen LogP contribution is -2.30. The zero-order valence-corrected chi connectivity index (χ0v) is 12.1. The Kier molecular flexibility index (Phi) is 6.62. The highest BCUT2D eigenvalue weighted by Gasteiger charge is 2.21. The number of nitrogens with two attached hydrogens (primary N) is 1. The second-order valence-corrected chi connectivity index (χ2v) is 4.59. The fourth-order valence-electron chi connectivity index (χ4n) is 2.25. The minimum Gasteiger partial charge on any atom is -0.496 e. The molecule has 0 amide bonds. The lowest BCUT2D eigenvalue weighted by molar-refractivity contribution is 0.149. The normalized spacial score (nSPS) is 13.9. The monoisotopic (exact) mass is 268 g/mol. The third kappa shape index (κ3) is 4.09. The number of nitrogens with one attached hydrogen (secondary N) is 1. The Balaban J connectivity index is 3.02. The van der Waals surface area contributed by atoms with Crippen molar-refractivity contribution in [3.8, 4) is 11.5 Å². The average Bonchev–Trinajstić information content (AvgIpc) is 2.44. The largest absolute Gasteiger partial charge is 0.496 e. The molecule has 0 heterocycles. The maximum absolute atomic E-state index is 5.69. The van der Waals surface area contributed by atoms with Crippen molar-refractivity contribution in [2.45, 2.75) is 19.4 Å². The summed E-state index contributed by atoms with van der Waals surface area (Å²) >= 11 is 0. The molecule has 0 fully saturated rings. The van der Waals surface area contributed by atoms with Gasteiger partial charge in [-0.25, -0.2) is 0 Å². The number of ether oxygens (including phenoxy) is 3. The summed E-state index contributed by atoms with van der Waals surface area (Å²) < 4.78 is 16.0. The van der Waals surface area contributed by atoms with E-state index in [0.717, 1.165) is 23.5 Å². The van der Waals surface area contributed by atoms with E-state index in [1.54, 1.807) is 21.3 Å². The highest BCUT2D eigenvalue weighted by atomic mass is 16.5. The van der Waals surface area contributed by atoms with Gasteiger partial charge >= 0.3 is 0 Å². The van der Waals surface area contributed by atoms with Gasteiger partial charge in [0.1, 0.15) is 11.5 Å². The van der Waals surface area contributed by atoms with E-state index in [9.17, 15) is 0 Å². The van der Waals surface area contributed by atoms with Crippen LogP contribution in [0, 0.1) is 5.92 Å². The van der Waals surface area contributed by atoms with Crippen LogP contribution in [0.1, 0.15) is 24.9 Å². The van der Waals surface area contributed by atoms with Crippen LogP contribution >= 0.6 is 0 Å². The first-order valence-electron chi connectivity index (χ1n) is 6.33. The molecule has 0 aliphatic carbocycles. The minimum absolute atomic E-state index is 0.0451. The van der Waals surface area contributed by atoms with Gasteiger partial charge in [-0.15, -0.1) is 0 Å². The van der Waals surface area contributed by atoms with Gasteiger partial charge in [-0.05, 0) is 24.5 Å². The number of methoxy groups -OCH3 is 3. The van der Waals surface area contributed by atoms with E-state index < -0.39 is 0 Å². The average molecular weight is 268 g/mol. The molecular weight excluding hydrogens is 244 g/mol. The van der Waals surface area contributed by atoms with E-state index >= 15 is 0 Å². The van der Waals surface area contributed by atoms with Crippen LogP contribution in [0.15, 0.2) is 18.2 Å². The number of hydrazine groups is 1. The summed E-state index contributed by atoms with van der Waals surface area (Å²) in [6.45, 7) is 2.81. The molecule has 19 heavy (non-hydrogen) atoms. The quantitative estimate of drug-likeness (QED) is 0.556. The first-order chi connectivity index (χ1) is 9.17. The van der Waals surface area contributed by atoms with Gasteiger partial charge in [-0.1, -0.05) is 13.0 Å². The number of hydrogen-bond acceptors (Lipinski definition) is 5. The molecule has 0 spiro atoms. The van der Waals surface area contributed by atoms with Gasteiger partial charge in [0.05, 0.1) is 25.8 Å². The zero-order valence-electron chi connectivity index (χ0n) is 12.1. The summed E-state index contributed by atoms with van der Waals surface area (Å²) in [5.74, 6) is 7.61. The van der Waals surface area contributed by atoms with Crippen molar-refractivity contribution in [3.63, 3.8) is 0 Å². The molecule has 108 valence electrons. The van der Waals surface area contributed by atoms with Gasteiger partial charge in [-0.2, -0.15) is 0 Å². The van der Waals surface area contributed by atoms with E-state index in [4.69, 9.17) is 20.1 Å². The molecule has 0 aromatic heterocycles. The van der Waals surface area contributed by atoms with Crippen molar-refractivity contribution in [1.29, 1.82) is 0 Å². The molecule has 1 aromatic rings. The minimum atomic E-state index is -0.0451. The number of rotatable bonds is 8. The molecule has 5 nitrogen and oxygen atoms in total. The van der Waals surface area contributed by atoms with Crippen LogP contribution in [0.25, 0.3) is 0 Å². The molecule has 3 N–H and O–H groups in total. The highest BCUT2D eigenvalue weighted by molar-refractivity contribution is 5.47. The highest BCUT2D eigenvalue weighted by Crippen LogP contribution is 2.36. The standard InChI is InChI=1S/C14H24N2O3/c1-10(9-17-2)8-11(16-15)14-12(18-3)6-5-7-13(14)19-4/h5-7,10-11,16H,8-9,15H2,1-4H3. The van der Waals surface area contributed by atoms with Crippen LogP contribution in [-0.4, -0.2) is 27.9 Å². The van der Waals surface area contributed by atoms with Gasteiger partial charge in [0, 0.05) is 13.7 Å². The molecule has 0 radical (unpaired) electrons. The summed E-state index contributed by atoms with van der Waals surface area (Å²) in [4.78, 5) is 0. The molecule has 2 unspecified atom stereocenters. The summed E-state index contributed by atoms with van der Waals surface area (Å²) in [5.41, 5.74) is 3.78. The molecule has 1 rings (SSSR count). The summed E-state index contributed by atoms with van der Waals surface area (Å²) in [5, 5.41) is 0. The van der Waals surface area contributed by atoms with E-state index in [2.05, 4.69) is 12.3 Å². The lowest BCUT2D eigenvalue weighted by Gasteiger charge is -2.24. The molecule has 5 heteroatoms. The molecule has 0 bridgehead atoms. The topological polar surface area (TPSA) is 65.7 Å². The Morgan fingerprint density at radius 3 is 2.16 bits per heavy atom. The first-order valence-corrected chi connectivity index (χ1v) is 6.33. The van der Waals surface area contributed by atoms with Gasteiger partial charge in [0.25, 0.3) is 0 Å². The van der Waals surface area contributed by atoms with Gasteiger partial charge in [0.15, 0.2) is 0 Å². The lowest BCUT2D eigenvalue weighted by atomic mass is 9.95. The molecule has 1 aromatic carbocycles. The van der Waals surface area contributed by atoms with Gasteiger partial charge in [-0.3, -0.25) is 11.3 Å². The van der Waals surface area contributed by atoms with Crippen molar-refractivity contribution in [2.75, 3.05) is 27.9 Å². The van der Waals surface area contributed by atoms with Crippen LogP contribution < -0.4 is 20.7 Å². The smallest absolute Gasteiger partial charge is 0.127 e. The summed E-state index contributed by atoms with van der Waals surface area (Å²) in [7, 11) is 4.99. The fourth-order valence-corrected chi connectivity index (χ4v) is 2.25. The van der Waals surface area contributed by atoms with Crippen molar-refractivity contribution >= 4 is 0 Å². The molecule has 0 aliphatic rings. The van der Waals surface area contributed by atoms with E-state index in [1.807, 2.05) is 18.2 Å². The van der Waals surface area contributed by atoms with Crippen LogP contribution in [0.2, 0.25) is 0 Å². The van der Waals surface area contributed by atoms with Crippen molar-refractivity contribution in [3.05, 3.63) is 23.8 Å². The van der Waals surface area contributed by atoms with Gasteiger partial charge < -0.3 is 14.2 Å². The molecular formula is C14H24N2O3. The van der Waals surface area contributed by atoms with Crippen LogP contribution in [0.4, 0.5) is 0 Å². The summed E-state index contributed by atoms with van der Waals surface area (Å²) in [6.07, 6.45) is 0.834. The Hall–Kier alpha value is -1.30. The van der Waals surface area contributed by atoms with E-state index in [0.29, 0.717) is 12.5 Å². The Bertz CT molecular complexity index is 363. The van der Waals surface area contributed by atoms with Crippen LogP contribution in [0.3, 0.4) is 0 Å². The van der Waals surface area contributed by atoms with Crippen LogP contribution in [0.5, 0.6) is 11.5 Å². The maximum Gasteiger partial charge on any atom is 0.127 e. The third-order valence-corrected chi connectivity index (χ3v) is 3.10. The molecule has 0 saturated heterocycles. The number of hydrogen-bond donors (Lipinski definition) is 2. The van der Waals surface area contributed by atoms with Crippen molar-refractivity contribution < 1.29 is 14.2 Å². The van der Waals surface area contributed by atoms with E-state index in [-0.39, 0.29) is 6.04 Å². The number of benzene rings is 1. The first kappa shape index (κ1) is 15.8. The maximum atomic E-state index is 5.69. The zero-order chi connectivity index (χ0) is 14.3. The third-order valence-electron chi connectivity index (χ3n) is 3.10. The van der Waals surface area contributed by atoms with E-state index in [1.165, 1.54) is 0 Å². The Morgan fingerprint density at radius 1 is 1.16 bits per heavy atom. The second-order valence-electron chi connectivity index (χ2n) is 4.59. The molecule has 0 aliphatic heterocycles. The van der Waals surface area contributed by atoms with Crippen molar-refractivity contribution in [1.82, 2.24) is 5.43 Å². The molecule has 2 atom stereocenters. The summed E-state index contributed by atoms with van der Waals surface area (Å²) in [6, 6.07) is 5.66. The Labute approximate surface area is 115 Å².